The minimum Gasteiger partial charge on any atom is -0.0561 e. The van der Waals surface area contributed by atoms with E-state index in [2.05, 4.69) is 270 Å². The first-order valence-corrected chi connectivity index (χ1v) is 28.6. The van der Waals surface area contributed by atoms with Gasteiger partial charge in [0.25, 0.3) is 0 Å². The molecule has 5 heterocycles. The van der Waals surface area contributed by atoms with E-state index in [0.717, 1.165) is 92.4 Å². The molecule has 0 bridgehead atoms. The molecule has 14 rings (SSSR count). The Labute approximate surface area is 482 Å². The minimum absolute atomic E-state index is 0.0415. The quantitative estimate of drug-likeness (QED) is 0.149. The predicted molar refractivity (Wildman–Crippen MR) is 329 cm³/mol. The molecule has 80 heavy (non-hydrogen) atoms. The molecule has 0 spiro atoms. The van der Waals surface area contributed by atoms with Gasteiger partial charge in [0.2, 0.25) is 0 Å². The van der Waals surface area contributed by atoms with Crippen molar-refractivity contribution in [3.05, 3.63) is 226 Å². The number of benzene rings is 9. The Balaban J connectivity index is 0.970. The number of aryl methyl sites for hydroxylation is 1. The third kappa shape index (κ3) is 7.92. The molecule has 9 aromatic carbocycles. The van der Waals surface area contributed by atoms with Crippen LogP contribution in [0.3, 0.4) is 0 Å². The molecular formula is C73H61N5OPt-2. The number of fused-ring (bicyclic) bond motifs is 10. The van der Waals surface area contributed by atoms with Crippen LogP contribution in [-0.2, 0) is 35.6 Å². The predicted octanol–water partition coefficient (Wildman–Crippen LogP) is 19.1. The number of nitrogens with zero attached hydrogens (tertiary/aromatic N) is 5. The number of imidazole rings is 1. The molecule has 0 N–H and O–H groups in total. The third-order valence-electron chi connectivity index (χ3n) is 16.2. The van der Waals surface area contributed by atoms with Crippen LogP contribution < -0.4 is 4.74 Å². The van der Waals surface area contributed by atoms with Crippen LogP contribution in [0.15, 0.2) is 188 Å². The topological polar surface area (TPSA) is 41.3 Å². The van der Waals surface area contributed by atoms with Gasteiger partial charge >= 0.3 is 356 Å². The molecular weight excluding hydrogens is 1160 g/mol. The molecule has 396 valence electrons. The van der Waals surface area contributed by atoms with Crippen LogP contribution in [0.25, 0.3) is 110 Å². The summed E-state index contributed by atoms with van der Waals surface area (Å²) in [4.78, 5) is 5.05. The van der Waals surface area contributed by atoms with Gasteiger partial charge in [-0.3, -0.25) is 0 Å². The summed E-state index contributed by atoms with van der Waals surface area (Å²) in [7, 11) is 0. The number of ether oxygens (including phenoxy) is 1. The SMILES string of the molecule is [2H]C([2H])([2H])c1ccc(-n2[c](=[Pt])n(-c3c(-c4ccccc4)cccc3-c3cc(C(C)(C)C)cc(C(C)(C)C)c3)c3ccccc32)[c-]c1Oc1[c-]c2c(cc1)c1cc3c4cccc5c6ccccc6n(c3cc1n2-c1cc(C(C)(C)C)ccn1)c54. The summed E-state index contributed by atoms with van der Waals surface area (Å²) >= 11 is 2.43. The van der Waals surface area contributed by atoms with Gasteiger partial charge in [0.1, 0.15) is 0 Å². The summed E-state index contributed by atoms with van der Waals surface area (Å²) in [6.45, 7) is 17.8. The van der Waals surface area contributed by atoms with Gasteiger partial charge in [-0.2, -0.15) is 0 Å². The third-order valence-corrected chi connectivity index (χ3v) is 17.2. The average molecular weight is 1220 g/mol. The Morgan fingerprint density at radius 1 is 0.475 bits per heavy atom. The zero-order chi connectivity index (χ0) is 57.6. The van der Waals surface area contributed by atoms with Gasteiger partial charge in [0.05, 0.1) is 16.6 Å². The Hall–Kier alpha value is -8.31. The van der Waals surface area contributed by atoms with Crippen molar-refractivity contribution < 1.29 is 28.2 Å². The molecule has 0 amide bonds. The van der Waals surface area contributed by atoms with Crippen molar-refractivity contribution in [2.75, 3.05) is 0 Å². The summed E-state index contributed by atoms with van der Waals surface area (Å²) in [6.07, 6.45) is 1.88. The Morgan fingerprint density at radius 3 is 1.81 bits per heavy atom. The van der Waals surface area contributed by atoms with Crippen molar-refractivity contribution in [1.29, 1.82) is 0 Å². The zero-order valence-corrected chi connectivity index (χ0v) is 48.6. The number of para-hydroxylation sites is 5. The van der Waals surface area contributed by atoms with Crippen LogP contribution >= 0.6 is 0 Å². The van der Waals surface area contributed by atoms with E-state index in [-0.39, 0.29) is 27.6 Å². The normalized spacial score (nSPS) is 13.4. The summed E-state index contributed by atoms with van der Waals surface area (Å²) in [5.41, 5.74) is 16.5. The molecule has 0 unspecified atom stereocenters. The molecule has 7 heteroatoms. The molecule has 0 aliphatic heterocycles. The first-order chi connectivity index (χ1) is 39.6. The fourth-order valence-electron chi connectivity index (χ4n) is 12.0. The van der Waals surface area contributed by atoms with Gasteiger partial charge in [-0.1, -0.05) is 57.2 Å². The van der Waals surface area contributed by atoms with Gasteiger partial charge < -0.3 is 4.40 Å². The number of hydrogen-bond donors (Lipinski definition) is 0. The second kappa shape index (κ2) is 18.1. The van der Waals surface area contributed by atoms with Gasteiger partial charge in [-0.05, 0) is 23.1 Å². The number of pyridine rings is 1. The Morgan fingerprint density at radius 2 is 1.10 bits per heavy atom. The van der Waals surface area contributed by atoms with E-state index in [0.29, 0.717) is 11.4 Å². The van der Waals surface area contributed by atoms with E-state index in [1.54, 1.807) is 6.07 Å². The van der Waals surface area contributed by atoms with Gasteiger partial charge in [0, 0.05) is 27.7 Å². The van der Waals surface area contributed by atoms with E-state index < -0.39 is 6.85 Å². The second-order valence-corrected chi connectivity index (χ2v) is 25.5. The first-order valence-electron chi connectivity index (χ1n) is 28.9. The number of rotatable bonds is 7. The van der Waals surface area contributed by atoms with E-state index >= 15 is 0 Å². The average Bonchev–Trinajstić information content (AvgIpc) is 1.65. The fraction of sp³-hybridized carbons (Fsp3) is 0.178. The number of aromatic nitrogens is 5. The summed E-state index contributed by atoms with van der Waals surface area (Å²) in [6, 6.07) is 71.5. The van der Waals surface area contributed by atoms with Crippen LogP contribution in [0.1, 0.15) is 88.7 Å². The van der Waals surface area contributed by atoms with Crippen LogP contribution in [0, 0.1) is 22.8 Å². The van der Waals surface area contributed by atoms with E-state index in [1.165, 1.54) is 32.8 Å². The van der Waals surface area contributed by atoms with Crippen molar-refractivity contribution in [1.82, 2.24) is 23.1 Å². The molecule has 0 saturated heterocycles. The number of hydrogen-bond acceptors (Lipinski definition) is 2. The van der Waals surface area contributed by atoms with Crippen LogP contribution in [0.2, 0.25) is 0 Å². The molecule has 0 aliphatic carbocycles. The molecule has 0 aliphatic rings. The Bertz CT molecular complexity index is 4990. The maximum atomic E-state index is 8.88. The minimum atomic E-state index is -2.53. The molecule has 14 aromatic rings. The van der Waals surface area contributed by atoms with Crippen molar-refractivity contribution in [2.45, 2.75) is 85.4 Å². The maximum absolute atomic E-state index is 8.88. The molecule has 5 aromatic heterocycles. The van der Waals surface area contributed by atoms with Crippen LogP contribution in [0.4, 0.5) is 0 Å². The van der Waals surface area contributed by atoms with E-state index in [9.17, 15) is 0 Å². The summed E-state index contributed by atoms with van der Waals surface area (Å²) < 4.78 is 43.5. The van der Waals surface area contributed by atoms with Crippen molar-refractivity contribution in [2.24, 2.45) is 0 Å². The smallest absolute Gasteiger partial charge is 0.0561 e. The standard InChI is InChI=1S/C73H61N5O.Pt/c1-45-30-31-51(75-44-76(63-29-17-16-28-62(63)75)69-53(46-20-12-11-13-21-46)23-18-24-54(69)47-36-49(72(5,6)7)38-50(37-47)73(8,9)10)40-67(45)79-52-32-33-56-59-42-60-58-26-19-25-57-55-22-14-15-27-61(55)78(70(57)58)66(60)43-65(59)77(64(56)41-52)68-39-48(34-35-74-68)71(2,3)4;/h11-39,42-43H,1-10H3;/q-2;/i1D3;. The zero-order valence-electron chi connectivity index (χ0n) is 49.4. The van der Waals surface area contributed by atoms with Crippen molar-refractivity contribution in [3.8, 4) is 50.9 Å². The molecule has 0 saturated carbocycles. The van der Waals surface area contributed by atoms with E-state index in [1.807, 2.05) is 24.4 Å². The van der Waals surface area contributed by atoms with Gasteiger partial charge in [-0.25, -0.2) is 0 Å². The molecule has 0 fully saturated rings. The molecule has 0 radical (unpaired) electrons. The molecule has 6 nitrogen and oxygen atoms in total. The fourth-order valence-corrected chi connectivity index (χ4v) is 13.1. The van der Waals surface area contributed by atoms with Crippen molar-refractivity contribution in [3.63, 3.8) is 0 Å². The first kappa shape index (κ1) is 46.6. The second-order valence-electron chi connectivity index (χ2n) is 24.5. The monoisotopic (exact) mass is 1220 g/mol. The van der Waals surface area contributed by atoms with E-state index in [4.69, 9.17) is 13.8 Å². The van der Waals surface area contributed by atoms with Gasteiger partial charge in [0.15, 0.2) is 0 Å². The van der Waals surface area contributed by atoms with Crippen LogP contribution in [0.5, 0.6) is 11.5 Å². The molecule has 0 atom stereocenters. The Kier molecular flexibility index (Phi) is 10.5. The summed E-state index contributed by atoms with van der Waals surface area (Å²) in [5.74, 6) is 1.18. The van der Waals surface area contributed by atoms with Crippen molar-refractivity contribution >= 4 is 70.9 Å². The van der Waals surface area contributed by atoms with Crippen LogP contribution in [-0.4, -0.2) is 23.1 Å². The summed E-state index contributed by atoms with van der Waals surface area (Å²) in [5, 5.41) is 6.81. The van der Waals surface area contributed by atoms with Gasteiger partial charge in [-0.15, -0.1) is 0 Å².